The van der Waals surface area contributed by atoms with E-state index in [0.717, 1.165) is 33.8 Å². The molecule has 0 spiro atoms. The normalized spacial score (nSPS) is 15.2. The van der Waals surface area contributed by atoms with Gasteiger partial charge < -0.3 is 9.47 Å². The van der Waals surface area contributed by atoms with E-state index in [1.807, 2.05) is 38.1 Å². The number of thioether (sulfide) groups is 1. The fraction of sp³-hybridized carbons (Fsp3) is 0.273. The lowest BCUT2D eigenvalue weighted by Crippen LogP contribution is -2.28. The molecule has 0 bridgehead atoms. The summed E-state index contributed by atoms with van der Waals surface area (Å²) >= 11 is 10.7. The Morgan fingerprint density at radius 2 is 1.87 bits per heavy atom. The van der Waals surface area contributed by atoms with Gasteiger partial charge in [0.25, 0.3) is 11.1 Å². The van der Waals surface area contributed by atoms with E-state index in [0.29, 0.717) is 41.2 Å². The third kappa shape index (κ3) is 5.20. The summed E-state index contributed by atoms with van der Waals surface area (Å²) in [6, 6.07) is 11.1. The van der Waals surface area contributed by atoms with E-state index in [1.54, 1.807) is 18.2 Å². The number of carbonyl (C=O) groups excluding carboxylic acids is 2. The zero-order valence-electron chi connectivity index (χ0n) is 16.6. The van der Waals surface area contributed by atoms with Crippen molar-refractivity contribution in [3.8, 4) is 11.5 Å². The number of halogens is 2. The molecule has 0 N–H and O–H groups in total. The van der Waals surface area contributed by atoms with Crippen molar-refractivity contribution in [3.05, 3.63) is 61.9 Å². The second-order valence-electron chi connectivity index (χ2n) is 6.47. The lowest BCUT2D eigenvalue weighted by Gasteiger charge is -2.15. The van der Waals surface area contributed by atoms with Crippen LogP contribution in [-0.4, -0.2) is 29.2 Å². The number of carbonyl (C=O) groups is 2. The quantitative estimate of drug-likeness (QED) is 0.378. The van der Waals surface area contributed by atoms with Gasteiger partial charge in [0.2, 0.25) is 0 Å². The molecular weight excluding hydrogens is 490 g/mol. The van der Waals surface area contributed by atoms with Gasteiger partial charge in [-0.05, 0) is 54.9 Å². The third-order valence-corrected chi connectivity index (χ3v) is 6.27. The van der Waals surface area contributed by atoms with Crippen LogP contribution in [0.4, 0.5) is 4.79 Å². The molecule has 8 heteroatoms. The lowest BCUT2D eigenvalue weighted by atomic mass is 10.1. The van der Waals surface area contributed by atoms with E-state index in [-0.39, 0.29) is 11.1 Å². The molecule has 0 aliphatic carbocycles. The van der Waals surface area contributed by atoms with Crippen molar-refractivity contribution in [2.45, 2.75) is 26.9 Å². The van der Waals surface area contributed by atoms with Crippen LogP contribution in [0.1, 0.15) is 31.4 Å². The van der Waals surface area contributed by atoms with Gasteiger partial charge >= 0.3 is 0 Å². The Morgan fingerprint density at radius 1 is 1.13 bits per heavy atom. The van der Waals surface area contributed by atoms with E-state index in [1.165, 1.54) is 4.90 Å². The maximum Gasteiger partial charge on any atom is 0.293 e. The van der Waals surface area contributed by atoms with Gasteiger partial charge in [-0.25, -0.2) is 0 Å². The van der Waals surface area contributed by atoms with Crippen molar-refractivity contribution >= 4 is 56.5 Å². The molecule has 0 radical (unpaired) electrons. The van der Waals surface area contributed by atoms with Gasteiger partial charge in [-0.1, -0.05) is 52.7 Å². The van der Waals surface area contributed by atoms with Gasteiger partial charge in [-0.15, -0.1) is 0 Å². The summed E-state index contributed by atoms with van der Waals surface area (Å²) in [5.41, 5.74) is 1.59. The third-order valence-electron chi connectivity index (χ3n) is 4.31. The molecule has 1 heterocycles. The van der Waals surface area contributed by atoms with Gasteiger partial charge in [0.1, 0.15) is 6.61 Å². The smallest absolute Gasteiger partial charge is 0.293 e. The molecular formula is C22H21BrClNO4S. The molecule has 158 valence electrons. The highest BCUT2D eigenvalue weighted by atomic mass is 79.9. The van der Waals surface area contributed by atoms with Crippen LogP contribution in [0.3, 0.4) is 0 Å². The number of hydrogen-bond donors (Lipinski definition) is 0. The number of hydrogen-bond acceptors (Lipinski definition) is 5. The zero-order chi connectivity index (χ0) is 21.7. The average Bonchev–Trinajstić information content (AvgIpc) is 2.98. The molecule has 1 aliphatic rings. The standard InChI is InChI=1S/C22H21BrClNO4S/c1-3-9-25-21(26)20(30-22(25)27)11-15-10-18(28-4-2)19(12-16(15)23)29-13-14-7-5-6-8-17(14)24/h5-8,10-12H,3-4,9,13H2,1-2H3/b20-11+. The molecule has 30 heavy (non-hydrogen) atoms. The van der Waals surface area contributed by atoms with Crippen LogP contribution >= 0.6 is 39.3 Å². The Balaban J connectivity index is 1.87. The van der Waals surface area contributed by atoms with Crippen molar-refractivity contribution in [1.82, 2.24) is 4.90 Å². The molecule has 0 unspecified atom stereocenters. The SMILES string of the molecule is CCCN1C(=O)S/C(=C/c2cc(OCC)c(OCc3ccccc3Cl)cc2Br)C1=O. The molecule has 0 saturated carbocycles. The fourth-order valence-electron chi connectivity index (χ4n) is 2.87. The number of rotatable bonds is 8. The fourth-order valence-corrected chi connectivity index (χ4v) is 4.35. The van der Waals surface area contributed by atoms with E-state index >= 15 is 0 Å². The number of benzene rings is 2. The molecule has 5 nitrogen and oxygen atoms in total. The number of imide groups is 1. The van der Waals surface area contributed by atoms with Crippen LogP contribution in [-0.2, 0) is 11.4 Å². The van der Waals surface area contributed by atoms with Crippen molar-refractivity contribution in [1.29, 1.82) is 0 Å². The van der Waals surface area contributed by atoms with Crippen LogP contribution in [0.25, 0.3) is 6.08 Å². The maximum atomic E-state index is 12.5. The van der Waals surface area contributed by atoms with Crippen LogP contribution in [0, 0.1) is 0 Å². The minimum atomic E-state index is -0.268. The van der Waals surface area contributed by atoms with Gasteiger partial charge in [0.15, 0.2) is 11.5 Å². The van der Waals surface area contributed by atoms with Gasteiger partial charge in [0.05, 0.1) is 11.5 Å². The summed E-state index contributed by atoms with van der Waals surface area (Å²) in [4.78, 5) is 26.3. The summed E-state index contributed by atoms with van der Waals surface area (Å²) in [6.07, 6.45) is 2.42. The summed E-state index contributed by atoms with van der Waals surface area (Å²) in [6.45, 7) is 4.98. The zero-order valence-corrected chi connectivity index (χ0v) is 19.8. The van der Waals surface area contributed by atoms with E-state index in [2.05, 4.69) is 15.9 Å². The van der Waals surface area contributed by atoms with E-state index in [9.17, 15) is 9.59 Å². The first kappa shape index (κ1) is 22.7. The Morgan fingerprint density at radius 3 is 2.57 bits per heavy atom. The van der Waals surface area contributed by atoms with E-state index < -0.39 is 0 Å². The first-order chi connectivity index (χ1) is 14.4. The summed E-state index contributed by atoms with van der Waals surface area (Å²) in [7, 11) is 0. The minimum absolute atomic E-state index is 0.242. The van der Waals surface area contributed by atoms with Gasteiger partial charge in [0, 0.05) is 21.6 Å². The van der Waals surface area contributed by atoms with Crippen molar-refractivity contribution in [2.24, 2.45) is 0 Å². The van der Waals surface area contributed by atoms with Crippen molar-refractivity contribution in [3.63, 3.8) is 0 Å². The second kappa shape index (κ2) is 10.4. The van der Waals surface area contributed by atoms with Crippen LogP contribution in [0.15, 0.2) is 45.8 Å². The molecule has 3 rings (SSSR count). The predicted octanol–water partition coefficient (Wildman–Crippen LogP) is 6.53. The Kier molecular flexibility index (Phi) is 7.86. The molecule has 1 fully saturated rings. The maximum absolute atomic E-state index is 12.5. The highest BCUT2D eigenvalue weighted by Gasteiger charge is 2.34. The molecule has 0 atom stereocenters. The van der Waals surface area contributed by atoms with Gasteiger partial charge in [-0.3, -0.25) is 14.5 Å². The average molecular weight is 511 g/mol. The first-order valence-electron chi connectivity index (χ1n) is 9.52. The lowest BCUT2D eigenvalue weighted by molar-refractivity contribution is -0.122. The highest BCUT2D eigenvalue weighted by Crippen LogP contribution is 2.38. The number of nitrogens with zero attached hydrogens (tertiary/aromatic N) is 1. The van der Waals surface area contributed by atoms with Crippen molar-refractivity contribution in [2.75, 3.05) is 13.2 Å². The largest absolute Gasteiger partial charge is 0.490 e. The van der Waals surface area contributed by atoms with Gasteiger partial charge in [-0.2, -0.15) is 0 Å². The molecule has 2 aromatic carbocycles. The molecule has 0 aromatic heterocycles. The minimum Gasteiger partial charge on any atom is -0.490 e. The van der Waals surface area contributed by atoms with E-state index in [4.69, 9.17) is 21.1 Å². The van der Waals surface area contributed by atoms with Crippen LogP contribution < -0.4 is 9.47 Å². The predicted molar refractivity (Wildman–Crippen MR) is 124 cm³/mol. The summed E-state index contributed by atoms with van der Waals surface area (Å²) in [5.74, 6) is 0.836. The topological polar surface area (TPSA) is 55.8 Å². The van der Waals surface area contributed by atoms with Crippen molar-refractivity contribution < 1.29 is 19.1 Å². The first-order valence-corrected chi connectivity index (χ1v) is 11.5. The second-order valence-corrected chi connectivity index (χ2v) is 8.72. The Labute approximate surface area is 193 Å². The molecule has 2 amide bonds. The highest BCUT2D eigenvalue weighted by molar-refractivity contribution is 9.10. The van der Waals surface area contributed by atoms with Crippen LogP contribution in [0.2, 0.25) is 5.02 Å². The Hall–Kier alpha value is -1.96. The molecule has 1 saturated heterocycles. The molecule has 1 aliphatic heterocycles. The summed E-state index contributed by atoms with van der Waals surface area (Å²) in [5, 5.41) is 0.392. The number of ether oxygens (including phenoxy) is 2. The van der Waals surface area contributed by atoms with Crippen LogP contribution in [0.5, 0.6) is 11.5 Å². The summed E-state index contributed by atoms with van der Waals surface area (Å²) < 4.78 is 12.4. The monoisotopic (exact) mass is 509 g/mol. The number of amides is 2. The Bertz CT molecular complexity index is 995. The molecule has 2 aromatic rings.